The van der Waals surface area contributed by atoms with Gasteiger partial charge in [0.05, 0.1) is 11.3 Å². The highest BCUT2D eigenvalue weighted by Crippen LogP contribution is 2.28. The third-order valence-electron chi connectivity index (χ3n) is 4.25. The van der Waals surface area contributed by atoms with Gasteiger partial charge in [0, 0.05) is 5.69 Å². The van der Waals surface area contributed by atoms with Crippen LogP contribution in [0.25, 0.3) is 11.1 Å². The number of hydrogen-bond acceptors (Lipinski definition) is 4. The zero-order valence-electron chi connectivity index (χ0n) is 14.2. The number of pyridine rings is 1. The van der Waals surface area contributed by atoms with E-state index in [1.807, 2.05) is 79.7 Å². The van der Waals surface area contributed by atoms with Crippen molar-refractivity contribution in [3.05, 3.63) is 89.6 Å². The normalized spacial score (nSPS) is 11.0. The van der Waals surface area contributed by atoms with Gasteiger partial charge >= 0.3 is 0 Å². The molecule has 0 radical (unpaired) electrons. The standard InChI is InChI=1S/C21H17N3O2/c1-14-12-13-17-19(24-26-21(17)22-14)23-20(25)18(15-8-4-2-5-9-15)16-10-6-3-7-11-16/h2-13,18H,1H3,(H,23,24,25). The predicted octanol–water partition coefficient (Wildman–Crippen LogP) is 4.30. The van der Waals surface area contributed by atoms with Crippen LogP contribution in [-0.4, -0.2) is 16.0 Å². The summed E-state index contributed by atoms with van der Waals surface area (Å²) in [7, 11) is 0. The van der Waals surface area contributed by atoms with Gasteiger partial charge in [0.25, 0.3) is 5.71 Å². The molecule has 0 saturated heterocycles. The molecule has 0 aliphatic rings. The summed E-state index contributed by atoms with van der Waals surface area (Å²) in [4.78, 5) is 17.4. The van der Waals surface area contributed by atoms with Crippen molar-refractivity contribution in [3.63, 3.8) is 0 Å². The summed E-state index contributed by atoms with van der Waals surface area (Å²) in [5.74, 6) is -0.227. The molecule has 0 atom stereocenters. The smallest absolute Gasteiger partial charge is 0.260 e. The average molecular weight is 343 g/mol. The second-order valence-electron chi connectivity index (χ2n) is 6.08. The highest BCUT2D eigenvalue weighted by molar-refractivity contribution is 6.02. The molecule has 0 unspecified atom stereocenters. The number of amides is 1. The summed E-state index contributed by atoms with van der Waals surface area (Å²) in [5.41, 5.74) is 3.07. The minimum absolute atomic E-state index is 0.168. The first-order valence-electron chi connectivity index (χ1n) is 8.36. The van der Waals surface area contributed by atoms with Crippen molar-refractivity contribution in [1.82, 2.24) is 10.1 Å². The van der Waals surface area contributed by atoms with E-state index in [1.54, 1.807) is 0 Å². The fourth-order valence-electron chi connectivity index (χ4n) is 2.99. The van der Waals surface area contributed by atoms with Crippen molar-refractivity contribution in [2.24, 2.45) is 0 Å². The number of carbonyl (C=O) groups excluding carboxylic acids is 1. The molecule has 128 valence electrons. The number of rotatable bonds is 4. The molecule has 2 heterocycles. The largest absolute Gasteiger partial charge is 0.334 e. The molecule has 2 aromatic heterocycles. The van der Waals surface area contributed by atoms with E-state index in [4.69, 9.17) is 4.52 Å². The maximum atomic E-state index is 13.1. The summed E-state index contributed by atoms with van der Waals surface area (Å²) >= 11 is 0. The molecule has 0 bridgehead atoms. The van der Waals surface area contributed by atoms with Crippen LogP contribution in [0.1, 0.15) is 22.7 Å². The van der Waals surface area contributed by atoms with Gasteiger partial charge in [-0.3, -0.25) is 4.79 Å². The Bertz CT molecular complexity index is 1000. The van der Waals surface area contributed by atoms with Crippen molar-refractivity contribution in [3.8, 4) is 0 Å². The van der Waals surface area contributed by atoms with Crippen LogP contribution in [-0.2, 0) is 4.79 Å². The summed E-state index contributed by atoms with van der Waals surface area (Å²) in [6.07, 6.45) is 0. The average Bonchev–Trinajstić information content (AvgIpc) is 3.05. The number of anilines is 1. The van der Waals surface area contributed by atoms with E-state index in [0.29, 0.717) is 16.9 Å². The van der Waals surface area contributed by atoms with Crippen LogP contribution >= 0.6 is 0 Å². The number of benzene rings is 2. The van der Waals surface area contributed by atoms with Crippen molar-refractivity contribution in [2.75, 3.05) is 5.32 Å². The van der Waals surface area contributed by atoms with Gasteiger partial charge in [-0.25, -0.2) is 4.98 Å². The molecule has 1 N–H and O–H groups in total. The van der Waals surface area contributed by atoms with Crippen LogP contribution in [0.15, 0.2) is 77.3 Å². The second kappa shape index (κ2) is 6.80. The van der Waals surface area contributed by atoms with Crippen molar-refractivity contribution in [1.29, 1.82) is 0 Å². The fourth-order valence-corrected chi connectivity index (χ4v) is 2.99. The molecule has 0 spiro atoms. The van der Waals surface area contributed by atoms with Gasteiger partial charge < -0.3 is 9.84 Å². The predicted molar refractivity (Wildman–Crippen MR) is 99.9 cm³/mol. The van der Waals surface area contributed by atoms with Crippen LogP contribution < -0.4 is 5.32 Å². The van der Waals surface area contributed by atoms with Gasteiger partial charge in [-0.2, -0.15) is 0 Å². The summed E-state index contributed by atoms with van der Waals surface area (Å²) < 4.78 is 5.25. The van der Waals surface area contributed by atoms with Gasteiger partial charge in [0.1, 0.15) is 0 Å². The van der Waals surface area contributed by atoms with Gasteiger partial charge in [-0.15, -0.1) is 0 Å². The monoisotopic (exact) mass is 343 g/mol. The molecule has 0 aliphatic heterocycles. The highest BCUT2D eigenvalue weighted by Gasteiger charge is 2.24. The fraction of sp³-hybridized carbons (Fsp3) is 0.0952. The number of carbonyl (C=O) groups is 1. The lowest BCUT2D eigenvalue weighted by atomic mass is 9.90. The second-order valence-corrected chi connectivity index (χ2v) is 6.08. The number of nitrogens with one attached hydrogen (secondary N) is 1. The lowest BCUT2D eigenvalue weighted by molar-refractivity contribution is -0.116. The molecule has 26 heavy (non-hydrogen) atoms. The third kappa shape index (κ3) is 3.07. The Morgan fingerprint density at radius 3 is 2.15 bits per heavy atom. The Labute approximate surface area is 150 Å². The lowest BCUT2D eigenvalue weighted by Crippen LogP contribution is -2.22. The van der Waals surface area contributed by atoms with Gasteiger partial charge in [-0.05, 0) is 30.2 Å². The van der Waals surface area contributed by atoms with Gasteiger partial charge in [0.2, 0.25) is 5.91 Å². The van der Waals surface area contributed by atoms with E-state index >= 15 is 0 Å². The number of fused-ring (bicyclic) bond motifs is 1. The summed E-state index contributed by atoms with van der Waals surface area (Å²) in [6.45, 7) is 1.88. The quantitative estimate of drug-likeness (QED) is 0.600. The van der Waals surface area contributed by atoms with Crippen LogP contribution in [0.4, 0.5) is 5.82 Å². The van der Waals surface area contributed by atoms with Crippen LogP contribution in [0, 0.1) is 6.92 Å². The van der Waals surface area contributed by atoms with E-state index in [1.165, 1.54) is 0 Å². The molecule has 4 aromatic rings. The number of aryl methyl sites for hydroxylation is 1. The summed E-state index contributed by atoms with van der Waals surface area (Å²) in [6, 6.07) is 23.1. The molecular weight excluding hydrogens is 326 g/mol. The summed E-state index contributed by atoms with van der Waals surface area (Å²) in [5, 5.41) is 7.56. The number of aromatic nitrogens is 2. The van der Waals surface area contributed by atoms with Crippen LogP contribution in [0.2, 0.25) is 0 Å². The Morgan fingerprint density at radius 1 is 0.923 bits per heavy atom. The SMILES string of the molecule is Cc1ccc2c(NC(=O)C(c3ccccc3)c3ccccc3)noc2n1. The Morgan fingerprint density at radius 2 is 1.54 bits per heavy atom. The molecule has 4 rings (SSSR count). The minimum Gasteiger partial charge on any atom is -0.334 e. The minimum atomic E-state index is -0.442. The zero-order chi connectivity index (χ0) is 17.9. The third-order valence-corrected chi connectivity index (χ3v) is 4.25. The van der Waals surface area contributed by atoms with E-state index in [2.05, 4.69) is 15.5 Å². The first kappa shape index (κ1) is 16.0. The first-order chi connectivity index (χ1) is 12.7. The first-order valence-corrected chi connectivity index (χ1v) is 8.36. The lowest BCUT2D eigenvalue weighted by Gasteiger charge is -2.17. The number of hydrogen-bond donors (Lipinski definition) is 1. The highest BCUT2D eigenvalue weighted by atomic mass is 16.5. The van der Waals surface area contributed by atoms with E-state index < -0.39 is 5.92 Å². The zero-order valence-corrected chi connectivity index (χ0v) is 14.2. The molecule has 5 nitrogen and oxygen atoms in total. The maximum Gasteiger partial charge on any atom is 0.260 e. The Kier molecular flexibility index (Phi) is 4.19. The Hall–Kier alpha value is -3.47. The maximum absolute atomic E-state index is 13.1. The van der Waals surface area contributed by atoms with Gasteiger partial charge in [0.15, 0.2) is 5.82 Å². The van der Waals surface area contributed by atoms with Gasteiger partial charge in [-0.1, -0.05) is 65.8 Å². The molecule has 0 aliphatic carbocycles. The van der Waals surface area contributed by atoms with E-state index in [-0.39, 0.29) is 5.91 Å². The molecule has 2 aromatic carbocycles. The topological polar surface area (TPSA) is 68.0 Å². The Balaban J connectivity index is 1.70. The number of nitrogens with zero attached hydrogens (tertiary/aromatic N) is 2. The molecule has 1 amide bonds. The molecule has 0 fully saturated rings. The van der Waals surface area contributed by atoms with Crippen LogP contribution in [0.5, 0.6) is 0 Å². The van der Waals surface area contributed by atoms with Crippen molar-refractivity contribution in [2.45, 2.75) is 12.8 Å². The van der Waals surface area contributed by atoms with Crippen LogP contribution in [0.3, 0.4) is 0 Å². The van der Waals surface area contributed by atoms with E-state index in [0.717, 1.165) is 16.8 Å². The van der Waals surface area contributed by atoms with E-state index in [9.17, 15) is 4.79 Å². The molecular formula is C21H17N3O2. The molecule has 0 saturated carbocycles. The van der Waals surface area contributed by atoms with Crippen molar-refractivity contribution >= 4 is 22.8 Å². The van der Waals surface area contributed by atoms with Crippen molar-refractivity contribution < 1.29 is 9.32 Å². The molecule has 5 heteroatoms.